The van der Waals surface area contributed by atoms with Gasteiger partial charge in [0.1, 0.15) is 5.75 Å². The molecular formula is C20H23NO3. The number of carbonyl (C=O) groups excluding carboxylic acids is 1. The molecule has 2 atom stereocenters. The quantitative estimate of drug-likeness (QED) is 0.915. The van der Waals surface area contributed by atoms with Gasteiger partial charge in [0, 0.05) is 6.54 Å². The van der Waals surface area contributed by atoms with Crippen LogP contribution in [0.4, 0.5) is 0 Å². The van der Waals surface area contributed by atoms with Gasteiger partial charge in [-0.05, 0) is 36.1 Å². The largest absolute Gasteiger partial charge is 0.497 e. The first-order chi connectivity index (χ1) is 11.7. The van der Waals surface area contributed by atoms with Gasteiger partial charge in [0.2, 0.25) is 5.91 Å². The monoisotopic (exact) mass is 325 g/mol. The van der Waals surface area contributed by atoms with E-state index in [0.717, 1.165) is 36.3 Å². The number of hydrogen-bond donors (Lipinski definition) is 1. The van der Waals surface area contributed by atoms with Gasteiger partial charge in [-0.15, -0.1) is 0 Å². The van der Waals surface area contributed by atoms with E-state index in [2.05, 4.69) is 0 Å². The molecule has 1 fully saturated rings. The predicted molar refractivity (Wildman–Crippen MR) is 92.7 cm³/mol. The molecule has 2 aromatic carbocycles. The van der Waals surface area contributed by atoms with Gasteiger partial charge in [0.15, 0.2) is 0 Å². The number of nitrogens with zero attached hydrogens (tertiary/aromatic N) is 1. The van der Waals surface area contributed by atoms with Crippen molar-refractivity contribution in [1.82, 2.24) is 4.90 Å². The van der Waals surface area contributed by atoms with Crippen molar-refractivity contribution in [3.63, 3.8) is 0 Å². The van der Waals surface area contributed by atoms with Crippen molar-refractivity contribution in [3.8, 4) is 5.75 Å². The Labute approximate surface area is 142 Å². The van der Waals surface area contributed by atoms with Gasteiger partial charge in [0.05, 0.1) is 25.7 Å². The van der Waals surface area contributed by atoms with E-state index in [1.807, 2.05) is 59.5 Å². The average molecular weight is 325 g/mol. The van der Waals surface area contributed by atoms with Crippen molar-refractivity contribution in [2.45, 2.75) is 31.4 Å². The standard InChI is InChI=1S/C20H23NO3/c1-24-17-10-5-9-16(13-17)18-11-6-12-21(18)20(23)14-19(22)15-7-3-2-4-8-15/h2-5,7-10,13,18-19,22H,6,11-12,14H2,1H3. The third-order valence-corrected chi connectivity index (χ3v) is 4.60. The van der Waals surface area contributed by atoms with Crippen LogP contribution in [0.3, 0.4) is 0 Å². The van der Waals surface area contributed by atoms with Crippen molar-refractivity contribution in [2.24, 2.45) is 0 Å². The maximum atomic E-state index is 12.7. The lowest BCUT2D eigenvalue weighted by Gasteiger charge is -2.26. The molecule has 0 saturated carbocycles. The predicted octanol–water partition coefficient (Wildman–Crippen LogP) is 3.48. The van der Waals surface area contributed by atoms with E-state index in [1.54, 1.807) is 7.11 Å². The minimum atomic E-state index is -0.759. The van der Waals surface area contributed by atoms with Gasteiger partial charge in [0.25, 0.3) is 0 Å². The maximum Gasteiger partial charge on any atom is 0.226 e. The van der Waals surface area contributed by atoms with Crippen LogP contribution >= 0.6 is 0 Å². The zero-order valence-corrected chi connectivity index (χ0v) is 13.9. The van der Waals surface area contributed by atoms with Gasteiger partial charge in [-0.25, -0.2) is 0 Å². The van der Waals surface area contributed by atoms with Crippen molar-refractivity contribution >= 4 is 5.91 Å². The highest BCUT2D eigenvalue weighted by molar-refractivity contribution is 5.77. The number of ether oxygens (including phenoxy) is 1. The third kappa shape index (κ3) is 3.60. The van der Waals surface area contributed by atoms with E-state index in [-0.39, 0.29) is 18.4 Å². The van der Waals surface area contributed by atoms with Crippen LogP contribution in [0, 0.1) is 0 Å². The SMILES string of the molecule is COc1cccc(C2CCCN2C(=O)CC(O)c2ccccc2)c1. The number of methoxy groups -OCH3 is 1. The molecule has 1 aliphatic heterocycles. The highest BCUT2D eigenvalue weighted by Crippen LogP contribution is 2.34. The number of aliphatic hydroxyl groups is 1. The van der Waals surface area contributed by atoms with Gasteiger partial charge in [-0.3, -0.25) is 4.79 Å². The molecule has 3 rings (SSSR count). The Balaban J connectivity index is 1.71. The minimum Gasteiger partial charge on any atom is -0.497 e. The first kappa shape index (κ1) is 16.5. The van der Waals surface area contributed by atoms with E-state index in [1.165, 1.54) is 0 Å². The number of amides is 1. The molecule has 24 heavy (non-hydrogen) atoms. The summed E-state index contributed by atoms with van der Waals surface area (Å²) in [5.74, 6) is 0.799. The van der Waals surface area contributed by atoms with E-state index in [9.17, 15) is 9.90 Å². The van der Waals surface area contributed by atoms with Crippen LogP contribution in [0.1, 0.15) is 42.5 Å². The molecule has 1 aliphatic rings. The molecule has 2 aromatic rings. The number of rotatable bonds is 5. The molecule has 0 aromatic heterocycles. The molecule has 1 amide bonds. The van der Waals surface area contributed by atoms with Gasteiger partial charge < -0.3 is 14.7 Å². The first-order valence-electron chi connectivity index (χ1n) is 8.35. The summed E-state index contributed by atoms with van der Waals surface area (Å²) >= 11 is 0. The fourth-order valence-corrected chi connectivity index (χ4v) is 3.34. The van der Waals surface area contributed by atoms with Crippen LogP contribution in [0.2, 0.25) is 0 Å². The van der Waals surface area contributed by atoms with Crippen LogP contribution in [0.25, 0.3) is 0 Å². The zero-order valence-electron chi connectivity index (χ0n) is 13.9. The first-order valence-corrected chi connectivity index (χ1v) is 8.35. The summed E-state index contributed by atoms with van der Waals surface area (Å²) in [6, 6.07) is 17.3. The Morgan fingerprint density at radius 1 is 1.25 bits per heavy atom. The third-order valence-electron chi connectivity index (χ3n) is 4.60. The number of aliphatic hydroxyl groups excluding tert-OH is 1. The summed E-state index contributed by atoms with van der Waals surface area (Å²) in [6.45, 7) is 0.738. The molecule has 1 heterocycles. The molecule has 2 unspecified atom stereocenters. The highest BCUT2D eigenvalue weighted by atomic mass is 16.5. The van der Waals surface area contributed by atoms with Gasteiger partial charge >= 0.3 is 0 Å². The van der Waals surface area contributed by atoms with Gasteiger partial charge in [-0.2, -0.15) is 0 Å². The van der Waals surface area contributed by atoms with E-state index < -0.39 is 6.10 Å². The maximum absolute atomic E-state index is 12.7. The van der Waals surface area contributed by atoms with Crippen molar-refractivity contribution in [2.75, 3.05) is 13.7 Å². The number of hydrogen-bond acceptors (Lipinski definition) is 3. The molecule has 4 nitrogen and oxygen atoms in total. The highest BCUT2D eigenvalue weighted by Gasteiger charge is 2.31. The Morgan fingerprint density at radius 3 is 2.79 bits per heavy atom. The Hall–Kier alpha value is -2.33. The van der Waals surface area contributed by atoms with E-state index in [0.29, 0.717) is 0 Å². The molecule has 1 N–H and O–H groups in total. The molecule has 4 heteroatoms. The van der Waals surface area contributed by atoms with Gasteiger partial charge in [-0.1, -0.05) is 42.5 Å². The Bertz CT molecular complexity index is 686. The van der Waals surface area contributed by atoms with Crippen molar-refractivity contribution in [3.05, 3.63) is 65.7 Å². The lowest BCUT2D eigenvalue weighted by molar-refractivity contribution is -0.134. The fourth-order valence-electron chi connectivity index (χ4n) is 3.34. The minimum absolute atomic E-state index is 0.00308. The normalized spacial score (nSPS) is 18.4. The van der Waals surface area contributed by atoms with E-state index >= 15 is 0 Å². The number of benzene rings is 2. The molecule has 126 valence electrons. The topological polar surface area (TPSA) is 49.8 Å². The molecule has 0 bridgehead atoms. The molecular weight excluding hydrogens is 302 g/mol. The second-order valence-electron chi connectivity index (χ2n) is 6.15. The number of likely N-dealkylation sites (tertiary alicyclic amines) is 1. The van der Waals surface area contributed by atoms with E-state index in [4.69, 9.17) is 4.74 Å². The lowest BCUT2D eigenvalue weighted by Crippen LogP contribution is -2.31. The summed E-state index contributed by atoms with van der Waals surface area (Å²) in [4.78, 5) is 14.6. The van der Waals surface area contributed by atoms with Crippen molar-refractivity contribution < 1.29 is 14.6 Å². The van der Waals surface area contributed by atoms with Crippen molar-refractivity contribution in [1.29, 1.82) is 0 Å². The lowest BCUT2D eigenvalue weighted by atomic mass is 10.0. The summed E-state index contributed by atoms with van der Waals surface area (Å²) in [6.07, 6.45) is 1.28. The molecule has 1 saturated heterocycles. The van der Waals surface area contributed by atoms with Crippen LogP contribution in [-0.2, 0) is 4.79 Å². The van der Waals surface area contributed by atoms with Crippen LogP contribution in [0.5, 0.6) is 5.75 Å². The molecule has 0 aliphatic carbocycles. The fraction of sp³-hybridized carbons (Fsp3) is 0.350. The number of carbonyl (C=O) groups is 1. The second-order valence-corrected chi connectivity index (χ2v) is 6.15. The summed E-state index contributed by atoms with van der Waals surface area (Å²) < 4.78 is 5.29. The Kier molecular flexibility index (Phi) is 5.16. The van der Waals surface area contributed by atoms with Crippen LogP contribution in [0.15, 0.2) is 54.6 Å². The average Bonchev–Trinajstić information content (AvgIpc) is 3.12. The Morgan fingerprint density at radius 2 is 2.04 bits per heavy atom. The summed E-state index contributed by atoms with van der Waals surface area (Å²) in [5, 5.41) is 10.3. The molecule has 0 spiro atoms. The van der Waals surface area contributed by atoms with Crippen LogP contribution in [-0.4, -0.2) is 29.6 Å². The second kappa shape index (κ2) is 7.49. The molecule has 0 radical (unpaired) electrons. The summed E-state index contributed by atoms with van der Waals surface area (Å²) in [5.41, 5.74) is 1.87. The zero-order chi connectivity index (χ0) is 16.9. The van der Waals surface area contributed by atoms with Crippen LogP contribution < -0.4 is 4.74 Å². The summed E-state index contributed by atoms with van der Waals surface area (Å²) in [7, 11) is 1.65. The smallest absolute Gasteiger partial charge is 0.226 e.